The second-order valence-electron chi connectivity index (χ2n) is 4.78. The van der Waals surface area contributed by atoms with Gasteiger partial charge in [0.25, 0.3) is 8.32 Å². The fourth-order valence-electron chi connectivity index (χ4n) is 1.52. The zero-order valence-electron chi connectivity index (χ0n) is 12.4. The first-order chi connectivity index (χ1) is 8.89. The number of amides is 2. The van der Waals surface area contributed by atoms with E-state index in [1.54, 1.807) is 0 Å². The highest BCUT2D eigenvalue weighted by Crippen LogP contribution is 2.22. The summed E-state index contributed by atoms with van der Waals surface area (Å²) in [6, 6.07) is 2.50. The van der Waals surface area contributed by atoms with Gasteiger partial charge in [0.2, 0.25) is 0 Å². The summed E-state index contributed by atoms with van der Waals surface area (Å²) in [7, 11) is -2.04. The zero-order chi connectivity index (χ0) is 14.9. The molecule has 110 valence electrons. The number of ether oxygens (including phenoxy) is 1. The number of carbonyl (C=O) groups excluding carboxylic acids is 2. The van der Waals surface area contributed by atoms with Crippen LogP contribution in [0.25, 0.3) is 0 Å². The minimum atomic E-state index is -2.04. The summed E-state index contributed by atoms with van der Waals surface area (Å²) in [6.07, 6.45) is -1.65. The lowest BCUT2D eigenvalue weighted by Gasteiger charge is -2.25. The fraction of sp³-hybridized carbons (Fsp3) is 0.833. The molecule has 0 bridgehead atoms. The summed E-state index contributed by atoms with van der Waals surface area (Å²) >= 11 is 0. The molecule has 0 aliphatic rings. The van der Waals surface area contributed by atoms with Crippen LogP contribution in [0.3, 0.4) is 0 Å². The summed E-state index contributed by atoms with van der Waals surface area (Å²) in [5, 5.41) is 6.45. The number of nitrogens with zero attached hydrogens (tertiary/aromatic N) is 2. The van der Waals surface area contributed by atoms with Crippen LogP contribution in [0, 0.1) is 5.92 Å². The van der Waals surface area contributed by atoms with Crippen LogP contribution in [0.4, 0.5) is 9.59 Å². The van der Waals surface area contributed by atoms with Crippen molar-refractivity contribution in [1.82, 2.24) is 0 Å². The van der Waals surface area contributed by atoms with Gasteiger partial charge in [0, 0.05) is 0 Å². The molecule has 7 heteroatoms. The molecule has 0 fully saturated rings. The van der Waals surface area contributed by atoms with Gasteiger partial charge in [-0.3, -0.25) is 0 Å². The van der Waals surface area contributed by atoms with E-state index in [-0.39, 0.29) is 12.5 Å². The van der Waals surface area contributed by atoms with Crippen LogP contribution in [0.2, 0.25) is 18.1 Å². The Morgan fingerprint density at radius 3 is 1.89 bits per heavy atom. The summed E-state index contributed by atoms with van der Waals surface area (Å²) in [6.45, 7) is 10.1. The van der Waals surface area contributed by atoms with Crippen LogP contribution in [0.15, 0.2) is 10.2 Å². The van der Waals surface area contributed by atoms with Crippen molar-refractivity contribution in [3.05, 3.63) is 0 Å². The van der Waals surface area contributed by atoms with Crippen LogP contribution in [0.1, 0.15) is 34.6 Å². The van der Waals surface area contributed by atoms with Crippen molar-refractivity contribution < 1.29 is 18.8 Å². The Kier molecular flexibility index (Phi) is 8.21. The van der Waals surface area contributed by atoms with Gasteiger partial charge in [0.1, 0.15) is 0 Å². The predicted molar refractivity (Wildman–Crippen MR) is 74.7 cm³/mol. The normalized spacial score (nSPS) is 11.9. The third kappa shape index (κ3) is 7.05. The molecule has 0 N–H and O–H groups in total. The molecule has 0 aromatic heterocycles. The molecular weight excluding hydrogens is 264 g/mol. The van der Waals surface area contributed by atoms with E-state index >= 15 is 0 Å². The molecule has 0 aliphatic heterocycles. The monoisotopic (exact) mass is 288 g/mol. The van der Waals surface area contributed by atoms with Gasteiger partial charge >= 0.3 is 12.2 Å². The maximum absolute atomic E-state index is 11.5. The molecule has 2 amide bonds. The number of hydrogen-bond acceptors (Lipinski definition) is 4. The van der Waals surface area contributed by atoms with Crippen LogP contribution in [0.5, 0.6) is 0 Å². The Bertz CT molecular complexity index is 319. The molecule has 0 radical (unpaired) electrons. The molecule has 0 spiro atoms. The maximum Gasteiger partial charge on any atom is 0.452 e. The number of azo groups is 1. The summed E-state index contributed by atoms with van der Waals surface area (Å²) in [5.41, 5.74) is 0. The topological polar surface area (TPSA) is 77.3 Å². The molecule has 6 nitrogen and oxygen atoms in total. The van der Waals surface area contributed by atoms with Crippen LogP contribution in [-0.4, -0.2) is 27.1 Å². The van der Waals surface area contributed by atoms with Crippen LogP contribution in [-0.2, 0) is 9.16 Å². The van der Waals surface area contributed by atoms with E-state index < -0.39 is 20.5 Å². The van der Waals surface area contributed by atoms with Gasteiger partial charge in [-0.2, -0.15) is 0 Å². The van der Waals surface area contributed by atoms with E-state index in [1.165, 1.54) is 0 Å². The Labute approximate surface area is 115 Å². The average Bonchev–Trinajstić information content (AvgIpc) is 2.40. The third-order valence-corrected chi connectivity index (χ3v) is 7.46. The molecule has 0 aromatic carbocycles. The quantitative estimate of drug-likeness (QED) is 0.537. The molecule has 0 heterocycles. The highest BCUT2D eigenvalue weighted by Gasteiger charge is 2.32. The first kappa shape index (κ1) is 17.8. The van der Waals surface area contributed by atoms with Crippen molar-refractivity contribution in [3.63, 3.8) is 0 Å². The summed E-state index contributed by atoms with van der Waals surface area (Å²) in [4.78, 5) is 22.7. The second kappa shape index (κ2) is 8.79. The van der Waals surface area contributed by atoms with Gasteiger partial charge in [-0.15, -0.1) is 0 Å². The summed E-state index contributed by atoms with van der Waals surface area (Å²) < 4.78 is 10.2. The van der Waals surface area contributed by atoms with Gasteiger partial charge in [-0.05, 0) is 24.1 Å². The van der Waals surface area contributed by atoms with Gasteiger partial charge in [-0.25, -0.2) is 9.59 Å². The Morgan fingerprint density at radius 1 is 1.00 bits per heavy atom. The first-order valence-electron chi connectivity index (χ1n) is 6.70. The van der Waals surface area contributed by atoms with E-state index in [9.17, 15) is 9.59 Å². The minimum Gasteiger partial charge on any atom is -0.501 e. The lowest BCUT2D eigenvalue weighted by atomic mass is 10.2. The second-order valence-corrected chi connectivity index (χ2v) is 9.47. The van der Waals surface area contributed by atoms with Crippen LogP contribution >= 0.6 is 0 Å². The largest absolute Gasteiger partial charge is 0.501 e. The van der Waals surface area contributed by atoms with Crippen molar-refractivity contribution in [2.75, 3.05) is 6.61 Å². The number of carbonyl (C=O) groups is 2. The molecule has 0 saturated carbocycles. The molecule has 0 atom stereocenters. The Balaban J connectivity index is 4.33. The standard InChI is InChI=1S/C12H24N2O4Si/c1-6-19(7-2,8-3)18-12(16)14-13-11(15)17-9-10(4)5/h10H,6-9H2,1-5H3. The van der Waals surface area contributed by atoms with Gasteiger partial charge in [0.15, 0.2) is 0 Å². The maximum atomic E-state index is 11.5. The minimum absolute atomic E-state index is 0.214. The number of hydrogen-bond donors (Lipinski definition) is 0. The lowest BCUT2D eigenvalue weighted by Crippen LogP contribution is -2.37. The third-order valence-electron chi connectivity index (χ3n) is 2.99. The van der Waals surface area contributed by atoms with E-state index in [2.05, 4.69) is 10.2 Å². The Hall–Kier alpha value is -1.24. The van der Waals surface area contributed by atoms with Crippen molar-refractivity contribution in [2.45, 2.75) is 52.8 Å². The van der Waals surface area contributed by atoms with E-state index in [4.69, 9.17) is 9.16 Å². The van der Waals surface area contributed by atoms with E-state index in [0.29, 0.717) is 0 Å². The molecule has 19 heavy (non-hydrogen) atoms. The van der Waals surface area contributed by atoms with E-state index in [1.807, 2.05) is 34.6 Å². The molecule has 0 unspecified atom stereocenters. The summed E-state index contributed by atoms with van der Waals surface area (Å²) in [5.74, 6) is 0.214. The number of rotatable bonds is 6. The Morgan fingerprint density at radius 2 is 1.47 bits per heavy atom. The van der Waals surface area contributed by atoms with Crippen LogP contribution < -0.4 is 0 Å². The molecule has 0 saturated heterocycles. The van der Waals surface area contributed by atoms with E-state index in [0.717, 1.165) is 18.1 Å². The molecule has 0 rings (SSSR count). The van der Waals surface area contributed by atoms with Gasteiger partial charge in [-0.1, -0.05) is 44.8 Å². The predicted octanol–water partition coefficient (Wildman–Crippen LogP) is 4.37. The molecule has 0 aliphatic carbocycles. The fourth-order valence-corrected chi connectivity index (χ4v) is 3.86. The highest BCUT2D eigenvalue weighted by atomic mass is 28.4. The highest BCUT2D eigenvalue weighted by molar-refractivity contribution is 6.74. The first-order valence-corrected chi connectivity index (χ1v) is 9.23. The van der Waals surface area contributed by atoms with Crippen molar-refractivity contribution >= 4 is 20.5 Å². The van der Waals surface area contributed by atoms with Crippen molar-refractivity contribution in [1.29, 1.82) is 0 Å². The molecule has 0 aromatic rings. The SMILES string of the molecule is CC[Si](CC)(CC)OC(=O)N=NC(=O)OCC(C)C. The average molecular weight is 288 g/mol. The smallest absolute Gasteiger partial charge is 0.452 e. The molecular formula is C12H24N2O4Si. The lowest BCUT2D eigenvalue weighted by molar-refractivity contribution is 0.141. The van der Waals surface area contributed by atoms with Gasteiger partial charge < -0.3 is 9.16 Å². The van der Waals surface area contributed by atoms with Crippen molar-refractivity contribution in [2.24, 2.45) is 16.1 Å². The van der Waals surface area contributed by atoms with Gasteiger partial charge in [0.05, 0.1) is 6.61 Å². The zero-order valence-corrected chi connectivity index (χ0v) is 13.4. The van der Waals surface area contributed by atoms with Crippen molar-refractivity contribution in [3.8, 4) is 0 Å².